The monoisotopic (exact) mass is 455 g/mol. The van der Waals surface area contributed by atoms with Crippen molar-refractivity contribution in [2.24, 2.45) is 0 Å². The first-order chi connectivity index (χ1) is 14.0. The highest BCUT2D eigenvalue weighted by atomic mass is 79.9. The van der Waals surface area contributed by atoms with Gasteiger partial charge in [0.1, 0.15) is 17.3 Å². The van der Waals surface area contributed by atoms with Crippen LogP contribution in [0.1, 0.15) is 16.1 Å². The molecule has 150 valence electrons. The topological polar surface area (TPSA) is 63.5 Å². The lowest BCUT2D eigenvalue weighted by molar-refractivity contribution is 0.0740. The smallest absolute Gasteiger partial charge is 0.274 e. The van der Waals surface area contributed by atoms with Crippen molar-refractivity contribution in [1.29, 1.82) is 0 Å². The van der Waals surface area contributed by atoms with Gasteiger partial charge < -0.3 is 14.5 Å². The minimum Gasteiger partial charge on any atom is -0.494 e. The molecule has 0 spiro atoms. The number of benzene rings is 1. The van der Waals surface area contributed by atoms with Crippen molar-refractivity contribution in [3.8, 4) is 11.4 Å². The van der Waals surface area contributed by atoms with E-state index in [1.54, 1.807) is 30.3 Å². The molecule has 3 aromatic rings. The Morgan fingerprint density at radius 1 is 1.10 bits per heavy atom. The first-order valence-corrected chi connectivity index (χ1v) is 10.2. The van der Waals surface area contributed by atoms with E-state index in [9.17, 15) is 4.79 Å². The largest absolute Gasteiger partial charge is 0.494 e. The fourth-order valence-corrected chi connectivity index (χ4v) is 3.64. The van der Waals surface area contributed by atoms with Crippen LogP contribution in [0, 0.1) is 6.92 Å². The van der Waals surface area contributed by atoms with E-state index in [0.29, 0.717) is 24.5 Å². The number of aromatic nitrogens is 3. The van der Waals surface area contributed by atoms with Gasteiger partial charge in [-0.3, -0.25) is 4.79 Å². The summed E-state index contributed by atoms with van der Waals surface area (Å²) in [6.45, 7) is 4.77. The van der Waals surface area contributed by atoms with Crippen LogP contribution in [0.4, 0.5) is 5.82 Å². The van der Waals surface area contributed by atoms with Crippen LogP contribution in [-0.4, -0.2) is 58.9 Å². The van der Waals surface area contributed by atoms with E-state index >= 15 is 0 Å². The number of anilines is 1. The van der Waals surface area contributed by atoms with Crippen LogP contribution >= 0.6 is 15.9 Å². The molecule has 0 N–H and O–H groups in total. The number of aryl methyl sites for hydroxylation is 1. The molecule has 29 heavy (non-hydrogen) atoms. The van der Waals surface area contributed by atoms with Crippen molar-refractivity contribution in [3.05, 3.63) is 64.5 Å². The number of pyridine rings is 1. The maximum atomic E-state index is 12.9. The maximum absolute atomic E-state index is 12.9. The Labute approximate surface area is 178 Å². The highest BCUT2D eigenvalue weighted by Crippen LogP contribution is 2.24. The predicted molar refractivity (Wildman–Crippen MR) is 115 cm³/mol. The number of methoxy groups -OCH3 is 1. The summed E-state index contributed by atoms with van der Waals surface area (Å²) in [7, 11) is 1.63. The average molecular weight is 456 g/mol. The van der Waals surface area contributed by atoms with Gasteiger partial charge >= 0.3 is 0 Å². The summed E-state index contributed by atoms with van der Waals surface area (Å²) < 4.78 is 8.08. The molecule has 1 aromatic carbocycles. The second-order valence-electron chi connectivity index (χ2n) is 6.93. The number of hydrogen-bond acceptors (Lipinski definition) is 5. The van der Waals surface area contributed by atoms with E-state index in [0.717, 1.165) is 34.6 Å². The van der Waals surface area contributed by atoms with Crippen molar-refractivity contribution in [2.75, 3.05) is 38.2 Å². The van der Waals surface area contributed by atoms with Crippen molar-refractivity contribution in [2.45, 2.75) is 6.92 Å². The van der Waals surface area contributed by atoms with Crippen LogP contribution < -0.4 is 9.64 Å². The second-order valence-corrected chi connectivity index (χ2v) is 7.85. The first-order valence-electron chi connectivity index (χ1n) is 9.41. The molecule has 7 nitrogen and oxygen atoms in total. The molecule has 0 aliphatic carbocycles. The predicted octanol–water partition coefficient (Wildman–Crippen LogP) is 3.31. The third kappa shape index (κ3) is 4.12. The molecule has 1 aliphatic heterocycles. The number of amides is 1. The minimum absolute atomic E-state index is 0.0567. The zero-order chi connectivity index (χ0) is 20.4. The summed E-state index contributed by atoms with van der Waals surface area (Å²) in [5, 5.41) is 4.51. The summed E-state index contributed by atoms with van der Waals surface area (Å²) >= 11 is 3.40. The normalized spacial score (nSPS) is 14.2. The summed E-state index contributed by atoms with van der Waals surface area (Å²) in [6, 6.07) is 11.6. The molecule has 4 rings (SSSR count). The fourth-order valence-electron chi connectivity index (χ4n) is 3.41. The molecule has 1 aliphatic rings. The van der Waals surface area contributed by atoms with Crippen molar-refractivity contribution in [3.63, 3.8) is 0 Å². The number of rotatable bonds is 4. The molecule has 0 atom stereocenters. The molecule has 3 heterocycles. The van der Waals surface area contributed by atoms with Gasteiger partial charge in [-0.2, -0.15) is 5.10 Å². The van der Waals surface area contributed by atoms with Gasteiger partial charge in [-0.05, 0) is 58.7 Å². The summed E-state index contributed by atoms with van der Waals surface area (Å²) in [5.74, 6) is 1.59. The van der Waals surface area contributed by atoms with Gasteiger partial charge in [0.25, 0.3) is 5.91 Å². The molecule has 1 amide bonds. The number of hydrogen-bond donors (Lipinski definition) is 0. The molecule has 1 fully saturated rings. The van der Waals surface area contributed by atoms with Gasteiger partial charge in [0.15, 0.2) is 5.69 Å². The molecule has 0 unspecified atom stereocenters. The number of carbonyl (C=O) groups excluding carboxylic acids is 1. The SMILES string of the molecule is COc1ccc(C)cc1-n1ccc(C(=O)N2CCN(c3ccc(Br)cn3)CC2)n1. The van der Waals surface area contributed by atoms with E-state index in [4.69, 9.17) is 4.74 Å². The maximum Gasteiger partial charge on any atom is 0.274 e. The molecule has 0 radical (unpaired) electrons. The third-order valence-electron chi connectivity index (χ3n) is 4.99. The van der Waals surface area contributed by atoms with E-state index in [-0.39, 0.29) is 5.91 Å². The number of nitrogens with zero attached hydrogens (tertiary/aromatic N) is 5. The average Bonchev–Trinajstić information content (AvgIpc) is 3.24. The van der Waals surface area contributed by atoms with Crippen LogP contribution in [0.5, 0.6) is 5.75 Å². The second kappa shape index (κ2) is 8.24. The number of piperazine rings is 1. The van der Waals surface area contributed by atoms with E-state index in [2.05, 4.69) is 30.9 Å². The minimum atomic E-state index is -0.0567. The molecule has 1 saturated heterocycles. The van der Waals surface area contributed by atoms with Crippen LogP contribution in [0.2, 0.25) is 0 Å². The summed E-state index contributed by atoms with van der Waals surface area (Å²) in [6.07, 6.45) is 3.59. The lowest BCUT2D eigenvalue weighted by atomic mass is 10.2. The lowest BCUT2D eigenvalue weighted by Gasteiger charge is -2.35. The van der Waals surface area contributed by atoms with Gasteiger partial charge in [0, 0.05) is 43.0 Å². The molecule has 8 heteroatoms. The Kier molecular flexibility index (Phi) is 5.53. The van der Waals surface area contributed by atoms with Crippen LogP contribution in [0.15, 0.2) is 53.3 Å². The molecular weight excluding hydrogens is 434 g/mol. The zero-order valence-corrected chi connectivity index (χ0v) is 18.0. The van der Waals surface area contributed by atoms with E-state index in [1.807, 2.05) is 42.2 Å². The number of ether oxygens (including phenoxy) is 1. The van der Waals surface area contributed by atoms with E-state index in [1.165, 1.54) is 0 Å². The third-order valence-corrected chi connectivity index (χ3v) is 5.46. The zero-order valence-electron chi connectivity index (χ0n) is 16.4. The highest BCUT2D eigenvalue weighted by molar-refractivity contribution is 9.10. The van der Waals surface area contributed by atoms with E-state index < -0.39 is 0 Å². The van der Waals surface area contributed by atoms with Gasteiger partial charge in [-0.25, -0.2) is 9.67 Å². The van der Waals surface area contributed by atoms with Crippen LogP contribution in [-0.2, 0) is 0 Å². The van der Waals surface area contributed by atoms with Crippen molar-refractivity contribution in [1.82, 2.24) is 19.7 Å². The quantitative estimate of drug-likeness (QED) is 0.603. The Morgan fingerprint density at radius 2 is 1.90 bits per heavy atom. The highest BCUT2D eigenvalue weighted by Gasteiger charge is 2.24. The van der Waals surface area contributed by atoms with Crippen LogP contribution in [0.25, 0.3) is 5.69 Å². The summed E-state index contributed by atoms with van der Waals surface area (Å²) in [4.78, 5) is 21.4. The lowest BCUT2D eigenvalue weighted by Crippen LogP contribution is -2.49. The fraction of sp³-hybridized carbons (Fsp3) is 0.286. The standard InChI is InChI=1S/C21H22BrN5O2/c1-15-3-5-19(29-2)18(13-15)27-8-7-17(24-27)21(28)26-11-9-25(10-12-26)20-6-4-16(22)14-23-20/h3-8,13-14H,9-12H2,1-2H3. The molecule has 0 saturated carbocycles. The Morgan fingerprint density at radius 3 is 2.59 bits per heavy atom. The first kappa shape index (κ1) is 19.4. The molecular formula is C21H22BrN5O2. The van der Waals surface area contributed by atoms with Crippen molar-refractivity contribution < 1.29 is 9.53 Å². The molecule has 0 bridgehead atoms. The van der Waals surface area contributed by atoms with Gasteiger partial charge in [0.2, 0.25) is 0 Å². The van der Waals surface area contributed by atoms with Gasteiger partial charge in [0.05, 0.1) is 7.11 Å². The number of halogens is 1. The van der Waals surface area contributed by atoms with Gasteiger partial charge in [-0.15, -0.1) is 0 Å². The number of carbonyl (C=O) groups is 1. The van der Waals surface area contributed by atoms with Crippen molar-refractivity contribution >= 4 is 27.7 Å². The Hall–Kier alpha value is -2.87. The summed E-state index contributed by atoms with van der Waals surface area (Å²) in [5.41, 5.74) is 2.35. The van der Waals surface area contributed by atoms with Crippen LogP contribution in [0.3, 0.4) is 0 Å². The molecule has 2 aromatic heterocycles. The Bertz CT molecular complexity index is 1010. The Balaban J connectivity index is 1.45. The van der Waals surface area contributed by atoms with Gasteiger partial charge in [-0.1, -0.05) is 6.07 Å².